The summed E-state index contributed by atoms with van der Waals surface area (Å²) >= 11 is 1.36. The molecule has 0 aliphatic carbocycles. The van der Waals surface area contributed by atoms with E-state index in [9.17, 15) is 4.79 Å². The van der Waals surface area contributed by atoms with E-state index in [-0.39, 0.29) is 5.56 Å². The molecule has 0 saturated carbocycles. The van der Waals surface area contributed by atoms with Gasteiger partial charge in [0, 0.05) is 18.8 Å². The molecule has 0 fully saturated rings. The lowest BCUT2D eigenvalue weighted by molar-refractivity contribution is 0.0697. The first-order chi connectivity index (χ1) is 13.2. The summed E-state index contributed by atoms with van der Waals surface area (Å²) in [6.45, 7) is 2.32. The molecule has 3 heterocycles. The van der Waals surface area contributed by atoms with Crippen molar-refractivity contribution in [1.82, 2.24) is 4.98 Å². The third kappa shape index (κ3) is 2.98. The fourth-order valence-corrected chi connectivity index (χ4v) is 4.86. The van der Waals surface area contributed by atoms with E-state index in [4.69, 9.17) is 5.11 Å². The number of hydrogen-bond donors (Lipinski definition) is 1. The molecule has 7 heteroatoms. The van der Waals surface area contributed by atoms with Gasteiger partial charge in [-0.3, -0.25) is 0 Å². The van der Waals surface area contributed by atoms with E-state index in [1.165, 1.54) is 41.0 Å². The number of thiazole rings is 1. The summed E-state index contributed by atoms with van der Waals surface area (Å²) in [6, 6.07) is 9.20. The van der Waals surface area contributed by atoms with Crippen LogP contribution in [-0.2, 0) is 12.8 Å². The molecule has 1 N–H and O–H groups in total. The van der Waals surface area contributed by atoms with Crippen molar-refractivity contribution in [2.24, 2.45) is 10.2 Å². The third-order valence-corrected chi connectivity index (χ3v) is 6.09. The molecule has 1 aromatic heterocycles. The second-order valence-electron chi connectivity index (χ2n) is 6.99. The Kier molecular flexibility index (Phi) is 3.89. The van der Waals surface area contributed by atoms with Gasteiger partial charge in [-0.15, -0.1) is 10.2 Å². The van der Waals surface area contributed by atoms with Crippen LogP contribution in [-0.4, -0.2) is 29.1 Å². The van der Waals surface area contributed by atoms with Gasteiger partial charge in [-0.25, -0.2) is 9.78 Å². The molecule has 2 aromatic carbocycles. The van der Waals surface area contributed by atoms with Crippen LogP contribution in [0.1, 0.15) is 34.3 Å². The highest BCUT2D eigenvalue weighted by Crippen LogP contribution is 2.38. The molecule has 5 rings (SSSR count). The number of anilines is 1. The maximum absolute atomic E-state index is 11.1. The van der Waals surface area contributed by atoms with Gasteiger partial charge < -0.3 is 10.0 Å². The van der Waals surface area contributed by atoms with Gasteiger partial charge >= 0.3 is 5.97 Å². The Balaban J connectivity index is 1.47. The van der Waals surface area contributed by atoms with Gasteiger partial charge in [0.1, 0.15) is 0 Å². The number of hydrogen-bond acceptors (Lipinski definition) is 6. The minimum atomic E-state index is -0.939. The van der Waals surface area contributed by atoms with Crippen LogP contribution in [0.3, 0.4) is 0 Å². The Morgan fingerprint density at radius 1 is 1.07 bits per heavy atom. The Morgan fingerprint density at radius 3 is 2.52 bits per heavy atom. The molecular weight excluding hydrogens is 360 g/mol. The topological polar surface area (TPSA) is 78.1 Å². The average Bonchev–Trinajstić information content (AvgIpc) is 3.09. The first-order valence-corrected chi connectivity index (χ1v) is 9.95. The maximum Gasteiger partial charge on any atom is 0.335 e. The third-order valence-electron chi connectivity index (χ3n) is 5.19. The van der Waals surface area contributed by atoms with Gasteiger partial charge in [0.15, 0.2) is 0 Å². The van der Waals surface area contributed by atoms with Gasteiger partial charge in [-0.2, -0.15) is 0 Å². The largest absolute Gasteiger partial charge is 0.478 e. The van der Waals surface area contributed by atoms with Crippen LogP contribution in [0.2, 0.25) is 0 Å². The second-order valence-corrected chi connectivity index (χ2v) is 8.00. The van der Waals surface area contributed by atoms with Crippen LogP contribution in [0.5, 0.6) is 0 Å². The number of carboxylic acids is 1. The number of azo groups is 1. The standard InChI is InChI=1S/C20H18N4O2S/c25-19(26)14-5-6-16-17(11-14)27-20(21-16)23-22-15-9-12-3-1-7-24-8-2-4-13(10-15)18(12)24/h5-6,9-11H,1-4,7-8H2,(H,25,26)/b23-22+. The minimum absolute atomic E-state index is 0.257. The molecule has 2 aliphatic heterocycles. The van der Waals surface area contributed by atoms with Crippen molar-refractivity contribution in [3.63, 3.8) is 0 Å². The molecule has 0 spiro atoms. The second kappa shape index (κ2) is 6.42. The maximum atomic E-state index is 11.1. The molecule has 27 heavy (non-hydrogen) atoms. The van der Waals surface area contributed by atoms with Crippen molar-refractivity contribution in [2.45, 2.75) is 25.7 Å². The summed E-state index contributed by atoms with van der Waals surface area (Å²) < 4.78 is 0.806. The van der Waals surface area contributed by atoms with Gasteiger partial charge in [0.05, 0.1) is 21.5 Å². The number of aromatic carboxylic acids is 1. The number of benzene rings is 2. The van der Waals surface area contributed by atoms with E-state index in [1.807, 2.05) is 0 Å². The number of carbonyl (C=O) groups is 1. The Hall–Kier alpha value is -2.80. The molecule has 6 nitrogen and oxygen atoms in total. The minimum Gasteiger partial charge on any atom is -0.478 e. The van der Waals surface area contributed by atoms with Crippen molar-refractivity contribution in [1.29, 1.82) is 0 Å². The summed E-state index contributed by atoms with van der Waals surface area (Å²) in [5, 5.41) is 18.4. The number of rotatable bonds is 3. The molecule has 0 amide bonds. The number of fused-ring (bicyclic) bond motifs is 1. The Morgan fingerprint density at radius 2 is 1.81 bits per heavy atom. The van der Waals surface area contributed by atoms with E-state index >= 15 is 0 Å². The Bertz CT molecular complexity index is 1060. The van der Waals surface area contributed by atoms with Crippen molar-refractivity contribution in [3.05, 3.63) is 47.0 Å². The van der Waals surface area contributed by atoms with Crippen LogP contribution in [0.25, 0.3) is 10.2 Å². The normalized spacial score (nSPS) is 16.1. The van der Waals surface area contributed by atoms with E-state index in [1.54, 1.807) is 18.2 Å². The highest BCUT2D eigenvalue weighted by atomic mass is 32.1. The summed E-state index contributed by atoms with van der Waals surface area (Å²) in [5.41, 5.74) is 6.05. The van der Waals surface area contributed by atoms with E-state index < -0.39 is 5.97 Å². The quantitative estimate of drug-likeness (QED) is 0.643. The molecule has 0 unspecified atom stereocenters. The van der Waals surface area contributed by atoms with Gasteiger partial charge in [-0.1, -0.05) is 11.3 Å². The van der Waals surface area contributed by atoms with Crippen LogP contribution >= 0.6 is 11.3 Å². The summed E-state index contributed by atoms with van der Waals surface area (Å²) in [7, 11) is 0. The van der Waals surface area contributed by atoms with Crippen molar-refractivity contribution < 1.29 is 9.90 Å². The van der Waals surface area contributed by atoms with Gasteiger partial charge in [0.2, 0.25) is 5.13 Å². The highest BCUT2D eigenvalue weighted by Gasteiger charge is 2.24. The molecular formula is C20H18N4O2S. The summed E-state index contributed by atoms with van der Waals surface area (Å²) in [6.07, 6.45) is 4.58. The average molecular weight is 378 g/mol. The van der Waals surface area contributed by atoms with Gasteiger partial charge in [0.25, 0.3) is 0 Å². The molecule has 136 valence electrons. The van der Waals surface area contributed by atoms with E-state index in [2.05, 4.69) is 32.2 Å². The van der Waals surface area contributed by atoms with Crippen LogP contribution in [0.4, 0.5) is 16.5 Å². The first-order valence-electron chi connectivity index (χ1n) is 9.14. The number of aryl methyl sites for hydroxylation is 2. The number of carboxylic acid groups (broad SMARTS) is 1. The molecule has 0 bridgehead atoms. The lowest BCUT2D eigenvalue weighted by Crippen LogP contribution is -2.34. The molecule has 0 saturated heterocycles. The Labute approximate surface area is 160 Å². The van der Waals surface area contributed by atoms with Crippen LogP contribution in [0, 0.1) is 0 Å². The summed E-state index contributed by atoms with van der Waals surface area (Å²) in [5.74, 6) is -0.939. The fraction of sp³-hybridized carbons (Fsp3) is 0.300. The van der Waals surface area contributed by atoms with Crippen molar-refractivity contribution in [2.75, 3.05) is 18.0 Å². The zero-order valence-electron chi connectivity index (χ0n) is 14.7. The zero-order chi connectivity index (χ0) is 18.4. The van der Waals surface area contributed by atoms with E-state index in [0.717, 1.165) is 41.8 Å². The molecule has 2 aliphatic rings. The summed E-state index contributed by atoms with van der Waals surface area (Å²) in [4.78, 5) is 18.1. The molecule has 3 aromatic rings. The fourth-order valence-electron chi connectivity index (χ4n) is 4.03. The number of aromatic nitrogens is 1. The number of nitrogens with zero attached hydrogens (tertiary/aromatic N) is 4. The van der Waals surface area contributed by atoms with Crippen LogP contribution < -0.4 is 4.90 Å². The molecule has 0 radical (unpaired) electrons. The lowest BCUT2D eigenvalue weighted by Gasteiger charge is -2.36. The van der Waals surface area contributed by atoms with Crippen molar-refractivity contribution in [3.8, 4) is 0 Å². The SMILES string of the molecule is O=C(O)c1ccc2nc(/N=N/c3cc4c5c(c3)CCCN5CCC4)sc2c1. The van der Waals surface area contributed by atoms with Gasteiger partial charge in [-0.05, 0) is 67.1 Å². The zero-order valence-corrected chi connectivity index (χ0v) is 15.5. The lowest BCUT2D eigenvalue weighted by atomic mass is 9.91. The predicted octanol–water partition coefficient (Wildman–Crippen LogP) is 5.11. The molecule has 0 atom stereocenters. The first kappa shape index (κ1) is 16.4. The van der Waals surface area contributed by atoms with Crippen molar-refractivity contribution >= 4 is 44.0 Å². The van der Waals surface area contributed by atoms with Crippen LogP contribution in [0.15, 0.2) is 40.6 Å². The highest BCUT2D eigenvalue weighted by molar-refractivity contribution is 7.21. The van der Waals surface area contributed by atoms with E-state index in [0.29, 0.717) is 5.13 Å². The smallest absolute Gasteiger partial charge is 0.335 e. The monoisotopic (exact) mass is 378 g/mol. The predicted molar refractivity (Wildman–Crippen MR) is 106 cm³/mol.